The predicted octanol–water partition coefficient (Wildman–Crippen LogP) is 4.04. The molecule has 2 aromatic carbocycles. The van der Waals surface area contributed by atoms with E-state index in [4.69, 9.17) is 16.3 Å². The number of benzene rings is 2. The van der Waals surface area contributed by atoms with Gasteiger partial charge in [-0.25, -0.2) is 0 Å². The number of nitro groups is 1. The lowest BCUT2D eigenvalue weighted by Crippen LogP contribution is -2.42. The fraction of sp³-hybridized carbons (Fsp3) is 0.188. The Balaban J connectivity index is 2.10. The molecule has 0 aliphatic rings. The zero-order chi connectivity index (χ0) is 17.0. The van der Waals surface area contributed by atoms with E-state index < -0.39 is 16.4 Å². The van der Waals surface area contributed by atoms with Crippen LogP contribution >= 0.6 is 11.6 Å². The van der Waals surface area contributed by atoms with Crippen LogP contribution in [0.15, 0.2) is 48.5 Å². The molecule has 2 rings (SSSR count). The molecule has 0 unspecified atom stereocenters. The molecule has 0 saturated heterocycles. The number of amides is 1. The van der Waals surface area contributed by atoms with Crippen molar-refractivity contribution in [2.75, 3.05) is 5.32 Å². The molecule has 7 heteroatoms. The SMILES string of the molecule is CC(C)(Oc1ccc(Cl)cc1)C(=O)Nc1cccc([N+](=O)[O-])c1. The zero-order valence-corrected chi connectivity index (χ0v) is 13.3. The minimum atomic E-state index is -1.17. The van der Waals surface area contributed by atoms with Gasteiger partial charge in [0.2, 0.25) is 0 Å². The molecule has 23 heavy (non-hydrogen) atoms. The molecule has 0 aliphatic carbocycles. The Morgan fingerprint density at radius 1 is 1.22 bits per heavy atom. The summed E-state index contributed by atoms with van der Waals surface area (Å²) in [5, 5.41) is 13.9. The second-order valence-electron chi connectivity index (χ2n) is 5.33. The number of carbonyl (C=O) groups is 1. The number of nitrogens with one attached hydrogen (secondary N) is 1. The van der Waals surface area contributed by atoms with E-state index in [1.165, 1.54) is 18.2 Å². The molecule has 1 amide bonds. The molecule has 120 valence electrons. The number of non-ortho nitro benzene ring substituents is 1. The minimum absolute atomic E-state index is 0.0979. The summed E-state index contributed by atoms with van der Waals surface area (Å²) in [6.07, 6.45) is 0. The topological polar surface area (TPSA) is 81.5 Å². The molecule has 0 heterocycles. The summed E-state index contributed by atoms with van der Waals surface area (Å²) in [6.45, 7) is 3.21. The summed E-state index contributed by atoms with van der Waals surface area (Å²) in [5.74, 6) is 0.0709. The Kier molecular flexibility index (Phi) is 4.86. The van der Waals surface area contributed by atoms with Gasteiger partial charge in [-0.15, -0.1) is 0 Å². The molecule has 0 aromatic heterocycles. The number of nitrogens with zero attached hydrogens (tertiary/aromatic N) is 1. The van der Waals surface area contributed by atoms with Crippen LogP contribution in [-0.4, -0.2) is 16.4 Å². The summed E-state index contributed by atoms with van der Waals surface area (Å²) in [5.41, 5.74) is -0.936. The van der Waals surface area contributed by atoms with E-state index in [-0.39, 0.29) is 5.69 Å². The van der Waals surface area contributed by atoms with Crippen LogP contribution in [0.5, 0.6) is 5.75 Å². The first-order valence-electron chi connectivity index (χ1n) is 6.78. The smallest absolute Gasteiger partial charge is 0.271 e. The van der Waals surface area contributed by atoms with E-state index in [0.29, 0.717) is 16.5 Å². The van der Waals surface area contributed by atoms with E-state index in [1.807, 2.05) is 0 Å². The van der Waals surface area contributed by atoms with Gasteiger partial charge in [0, 0.05) is 22.8 Å². The van der Waals surface area contributed by atoms with Crippen LogP contribution in [0.3, 0.4) is 0 Å². The molecule has 0 radical (unpaired) electrons. The molecule has 0 bridgehead atoms. The Hall–Kier alpha value is -2.60. The average molecular weight is 335 g/mol. The number of rotatable bonds is 5. The van der Waals surface area contributed by atoms with E-state index in [9.17, 15) is 14.9 Å². The highest BCUT2D eigenvalue weighted by molar-refractivity contribution is 6.30. The third kappa shape index (κ3) is 4.43. The monoisotopic (exact) mass is 334 g/mol. The van der Waals surface area contributed by atoms with Gasteiger partial charge in [0.05, 0.1) is 4.92 Å². The molecule has 0 atom stereocenters. The molecular weight excluding hydrogens is 320 g/mol. The first-order valence-corrected chi connectivity index (χ1v) is 7.16. The zero-order valence-electron chi connectivity index (χ0n) is 12.6. The second kappa shape index (κ2) is 6.66. The summed E-state index contributed by atoms with van der Waals surface area (Å²) in [7, 11) is 0. The van der Waals surface area contributed by atoms with Gasteiger partial charge in [0.25, 0.3) is 11.6 Å². The first-order chi connectivity index (χ1) is 10.8. The van der Waals surface area contributed by atoms with Gasteiger partial charge in [-0.3, -0.25) is 14.9 Å². The normalized spacial score (nSPS) is 10.9. The third-order valence-electron chi connectivity index (χ3n) is 3.05. The van der Waals surface area contributed by atoms with Crippen molar-refractivity contribution in [3.05, 3.63) is 63.7 Å². The summed E-state index contributed by atoms with van der Waals surface area (Å²) in [6, 6.07) is 12.3. The maximum Gasteiger partial charge on any atom is 0.271 e. The molecule has 0 fully saturated rings. The van der Waals surface area contributed by atoms with Crippen molar-refractivity contribution < 1.29 is 14.5 Å². The number of nitro benzene ring substituents is 1. The van der Waals surface area contributed by atoms with Crippen molar-refractivity contribution in [2.45, 2.75) is 19.4 Å². The van der Waals surface area contributed by atoms with Gasteiger partial charge in [0.15, 0.2) is 5.60 Å². The Labute approximate surface area is 138 Å². The van der Waals surface area contributed by atoms with E-state index in [1.54, 1.807) is 44.2 Å². The molecule has 0 saturated carbocycles. The largest absolute Gasteiger partial charge is 0.478 e. The van der Waals surface area contributed by atoms with Crippen molar-refractivity contribution in [1.29, 1.82) is 0 Å². The summed E-state index contributed by atoms with van der Waals surface area (Å²) >= 11 is 5.80. The van der Waals surface area contributed by atoms with Crippen LogP contribution < -0.4 is 10.1 Å². The number of halogens is 1. The second-order valence-corrected chi connectivity index (χ2v) is 5.76. The quantitative estimate of drug-likeness (QED) is 0.660. The maximum atomic E-state index is 12.4. The number of hydrogen-bond donors (Lipinski definition) is 1. The van der Waals surface area contributed by atoms with Gasteiger partial charge >= 0.3 is 0 Å². The van der Waals surface area contributed by atoms with Crippen LogP contribution in [-0.2, 0) is 4.79 Å². The number of ether oxygens (including phenoxy) is 1. The molecule has 6 nitrogen and oxygen atoms in total. The fourth-order valence-electron chi connectivity index (χ4n) is 1.82. The van der Waals surface area contributed by atoms with Gasteiger partial charge < -0.3 is 10.1 Å². The first kappa shape index (κ1) is 16.8. The molecule has 1 N–H and O–H groups in total. The van der Waals surface area contributed by atoms with Crippen LogP contribution in [0.1, 0.15) is 13.8 Å². The van der Waals surface area contributed by atoms with Crippen molar-refractivity contribution in [1.82, 2.24) is 0 Å². The highest BCUT2D eigenvalue weighted by Gasteiger charge is 2.30. The van der Waals surface area contributed by atoms with Crippen LogP contribution in [0, 0.1) is 10.1 Å². The van der Waals surface area contributed by atoms with Crippen molar-refractivity contribution in [3.8, 4) is 5.75 Å². The van der Waals surface area contributed by atoms with E-state index in [2.05, 4.69) is 5.32 Å². The van der Waals surface area contributed by atoms with E-state index >= 15 is 0 Å². The van der Waals surface area contributed by atoms with Crippen molar-refractivity contribution >= 4 is 28.9 Å². The Morgan fingerprint density at radius 2 is 1.87 bits per heavy atom. The van der Waals surface area contributed by atoms with Gasteiger partial charge in [-0.05, 0) is 44.2 Å². The third-order valence-corrected chi connectivity index (χ3v) is 3.30. The lowest BCUT2D eigenvalue weighted by Gasteiger charge is -2.25. The highest BCUT2D eigenvalue weighted by Crippen LogP contribution is 2.23. The molecular formula is C16H15ClN2O4. The highest BCUT2D eigenvalue weighted by atomic mass is 35.5. The lowest BCUT2D eigenvalue weighted by atomic mass is 10.1. The predicted molar refractivity (Wildman–Crippen MR) is 87.9 cm³/mol. The Morgan fingerprint density at radius 3 is 2.48 bits per heavy atom. The minimum Gasteiger partial charge on any atom is -0.478 e. The Bertz CT molecular complexity index is 729. The van der Waals surface area contributed by atoms with E-state index in [0.717, 1.165) is 0 Å². The maximum absolute atomic E-state index is 12.4. The number of anilines is 1. The number of hydrogen-bond acceptors (Lipinski definition) is 4. The van der Waals surface area contributed by atoms with Crippen molar-refractivity contribution in [3.63, 3.8) is 0 Å². The lowest BCUT2D eigenvalue weighted by molar-refractivity contribution is -0.384. The van der Waals surface area contributed by atoms with Gasteiger partial charge in [0.1, 0.15) is 5.75 Å². The van der Waals surface area contributed by atoms with Crippen LogP contribution in [0.25, 0.3) is 0 Å². The van der Waals surface area contributed by atoms with Crippen LogP contribution in [0.2, 0.25) is 5.02 Å². The summed E-state index contributed by atoms with van der Waals surface area (Å²) < 4.78 is 5.66. The van der Waals surface area contributed by atoms with Crippen LogP contribution in [0.4, 0.5) is 11.4 Å². The van der Waals surface area contributed by atoms with Gasteiger partial charge in [-0.1, -0.05) is 17.7 Å². The standard InChI is InChI=1S/C16H15ClN2O4/c1-16(2,23-14-8-6-11(17)7-9-14)15(20)18-12-4-3-5-13(10-12)19(21)22/h3-10H,1-2H3,(H,18,20). The molecule has 2 aromatic rings. The molecule has 0 aliphatic heterocycles. The number of carbonyl (C=O) groups excluding carboxylic acids is 1. The van der Waals surface area contributed by atoms with Crippen molar-refractivity contribution in [2.24, 2.45) is 0 Å². The summed E-state index contributed by atoms with van der Waals surface area (Å²) in [4.78, 5) is 22.6. The molecule has 0 spiro atoms. The average Bonchev–Trinajstić information content (AvgIpc) is 2.49. The fourth-order valence-corrected chi connectivity index (χ4v) is 1.95. The van der Waals surface area contributed by atoms with Gasteiger partial charge in [-0.2, -0.15) is 0 Å².